The van der Waals surface area contributed by atoms with Gasteiger partial charge in [-0.3, -0.25) is 4.79 Å². The summed E-state index contributed by atoms with van der Waals surface area (Å²) in [7, 11) is 0. The van der Waals surface area contributed by atoms with E-state index in [1.165, 1.54) is 16.9 Å². The Hall–Kier alpha value is -2.93. The summed E-state index contributed by atoms with van der Waals surface area (Å²) in [6.45, 7) is 3.50. The molecule has 1 aliphatic heterocycles. The van der Waals surface area contributed by atoms with Crippen molar-refractivity contribution >= 4 is 5.91 Å². The highest BCUT2D eigenvalue weighted by atomic mass is 19.1. The minimum absolute atomic E-state index is 0.00987. The van der Waals surface area contributed by atoms with Crippen LogP contribution in [0, 0.1) is 5.82 Å². The highest BCUT2D eigenvalue weighted by Gasteiger charge is 2.28. The van der Waals surface area contributed by atoms with Crippen LogP contribution < -0.4 is 0 Å². The van der Waals surface area contributed by atoms with Gasteiger partial charge >= 0.3 is 0 Å². The number of benzene rings is 1. The number of carbonyl (C=O) groups excluding carboxylic acids is 1. The average Bonchev–Trinajstić information content (AvgIpc) is 3.31. The van der Waals surface area contributed by atoms with Gasteiger partial charge in [-0.25, -0.2) is 9.07 Å². The van der Waals surface area contributed by atoms with Gasteiger partial charge < -0.3 is 14.2 Å². The number of carbonyl (C=O) groups is 1. The Morgan fingerprint density at radius 1 is 1.23 bits per heavy atom. The van der Waals surface area contributed by atoms with E-state index < -0.39 is 5.82 Å². The number of rotatable bonds is 3. The van der Waals surface area contributed by atoms with Gasteiger partial charge in [-0.1, -0.05) is 12.1 Å². The molecular weight excluding hydrogens is 335 g/mol. The fourth-order valence-corrected chi connectivity index (χ4v) is 3.19. The molecule has 26 heavy (non-hydrogen) atoms. The van der Waals surface area contributed by atoms with E-state index in [0.717, 1.165) is 0 Å². The molecule has 1 atom stereocenters. The number of hydrogen-bond acceptors (Lipinski definition) is 3. The molecule has 2 aromatic heterocycles. The Morgan fingerprint density at radius 3 is 2.73 bits per heavy atom. The van der Waals surface area contributed by atoms with Crippen LogP contribution >= 0.6 is 0 Å². The number of halogens is 1. The van der Waals surface area contributed by atoms with Crippen LogP contribution in [0.5, 0.6) is 0 Å². The molecule has 0 unspecified atom stereocenters. The van der Waals surface area contributed by atoms with Gasteiger partial charge in [0.25, 0.3) is 5.91 Å². The lowest BCUT2D eigenvalue weighted by atomic mass is 10.2. The molecule has 0 saturated carbocycles. The zero-order valence-corrected chi connectivity index (χ0v) is 14.4. The van der Waals surface area contributed by atoms with E-state index in [0.29, 0.717) is 36.8 Å². The van der Waals surface area contributed by atoms with Crippen LogP contribution in [0.3, 0.4) is 0 Å². The zero-order chi connectivity index (χ0) is 18.1. The predicted octanol–water partition coefficient (Wildman–Crippen LogP) is 2.66. The maximum atomic E-state index is 14.3. The molecule has 1 aromatic carbocycles. The number of hydrogen-bond donors (Lipinski definition) is 0. The normalized spacial score (nSPS) is 17.5. The molecule has 0 N–H and O–H groups in total. The van der Waals surface area contributed by atoms with E-state index in [9.17, 15) is 9.18 Å². The highest BCUT2D eigenvalue weighted by Crippen LogP contribution is 2.23. The molecular formula is C19H19FN4O2. The molecule has 0 spiro atoms. The van der Waals surface area contributed by atoms with Crippen LogP contribution in [0.15, 0.2) is 55.0 Å². The lowest BCUT2D eigenvalue weighted by Gasteiger charge is -2.31. The van der Waals surface area contributed by atoms with Crippen LogP contribution in [0.1, 0.15) is 17.3 Å². The molecule has 3 aromatic rings. The summed E-state index contributed by atoms with van der Waals surface area (Å²) in [6.07, 6.45) is 5.12. The summed E-state index contributed by atoms with van der Waals surface area (Å²) >= 11 is 0. The lowest BCUT2D eigenvalue weighted by Crippen LogP contribution is -2.44. The van der Waals surface area contributed by atoms with E-state index in [1.807, 2.05) is 31.5 Å². The summed E-state index contributed by atoms with van der Waals surface area (Å²) in [5, 5.41) is 4.32. The Balaban J connectivity index is 1.81. The maximum absolute atomic E-state index is 14.3. The van der Waals surface area contributed by atoms with Crippen molar-refractivity contribution in [3.05, 3.63) is 66.4 Å². The second-order valence-corrected chi connectivity index (χ2v) is 6.27. The van der Waals surface area contributed by atoms with Crippen LogP contribution in [0.2, 0.25) is 0 Å². The van der Waals surface area contributed by atoms with Gasteiger partial charge in [-0.2, -0.15) is 5.10 Å². The highest BCUT2D eigenvalue weighted by molar-refractivity contribution is 5.97. The summed E-state index contributed by atoms with van der Waals surface area (Å²) < 4.78 is 23.1. The van der Waals surface area contributed by atoms with Crippen LogP contribution in [-0.2, 0) is 4.74 Å². The van der Waals surface area contributed by atoms with Crippen molar-refractivity contribution in [2.75, 3.05) is 19.7 Å². The summed E-state index contributed by atoms with van der Waals surface area (Å²) in [5.41, 5.74) is 0.726. The maximum Gasteiger partial charge on any atom is 0.259 e. The second-order valence-electron chi connectivity index (χ2n) is 6.27. The molecule has 134 valence electrons. The Morgan fingerprint density at radius 2 is 2.00 bits per heavy atom. The largest absolute Gasteiger partial charge is 0.375 e. The molecule has 1 saturated heterocycles. The van der Waals surface area contributed by atoms with Crippen LogP contribution in [-0.4, -0.2) is 51.0 Å². The van der Waals surface area contributed by atoms with Crippen molar-refractivity contribution < 1.29 is 13.9 Å². The molecule has 1 fully saturated rings. The molecule has 0 aliphatic carbocycles. The van der Waals surface area contributed by atoms with Crippen molar-refractivity contribution in [2.45, 2.75) is 13.0 Å². The fraction of sp³-hybridized carbons (Fsp3) is 0.263. The number of morpholine rings is 1. The molecule has 1 amide bonds. The van der Waals surface area contributed by atoms with E-state index in [4.69, 9.17) is 4.74 Å². The van der Waals surface area contributed by atoms with Crippen molar-refractivity contribution in [3.63, 3.8) is 0 Å². The number of amides is 1. The van der Waals surface area contributed by atoms with Crippen LogP contribution in [0.4, 0.5) is 4.39 Å². The number of nitrogens with zero attached hydrogens (tertiary/aromatic N) is 4. The minimum Gasteiger partial charge on any atom is -0.375 e. The first-order valence-corrected chi connectivity index (χ1v) is 8.52. The molecule has 1 aliphatic rings. The standard InChI is InChI=1S/C19H19FN4O2/c1-14-13-23(10-11-26-14)19(25)15-12-21-24(17-7-3-2-6-16(17)20)18(15)22-8-4-5-9-22/h2-9,12,14H,10-11,13H2,1H3/t14-/m1/s1. The zero-order valence-electron chi connectivity index (χ0n) is 14.4. The summed E-state index contributed by atoms with van der Waals surface area (Å²) in [5.74, 6) is -0.0151. The topological polar surface area (TPSA) is 52.3 Å². The first kappa shape index (κ1) is 16.5. The first-order chi connectivity index (χ1) is 12.6. The summed E-state index contributed by atoms with van der Waals surface area (Å²) in [6, 6.07) is 10.1. The predicted molar refractivity (Wildman–Crippen MR) is 94.2 cm³/mol. The Labute approximate surface area is 150 Å². The van der Waals surface area contributed by atoms with Crippen molar-refractivity contribution in [2.24, 2.45) is 0 Å². The quantitative estimate of drug-likeness (QED) is 0.727. The third kappa shape index (κ3) is 2.90. The monoisotopic (exact) mass is 354 g/mol. The molecule has 0 radical (unpaired) electrons. The number of para-hydroxylation sites is 1. The van der Waals surface area contributed by atoms with Gasteiger partial charge in [-0.15, -0.1) is 0 Å². The van der Waals surface area contributed by atoms with Gasteiger partial charge in [0.2, 0.25) is 0 Å². The fourth-order valence-electron chi connectivity index (χ4n) is 3.19. The Bertz CT molecular complexity index is 920. The smallest absolute Gasteiger partial charge is 0.259 e. The van der Waals surface area contributed by atoms with E-state index in [-0.39, 0.29) is 12.0 Å². The third-order valence-corrected chi connectivity index (χ3v) is 4.43. The van der Waals surface area contributed by atoms with E-state index in [2.05, 4.69) is 5.10 Å². The van der Waals surface area contributed by atoms with Crippen LogP contribution in [0.25, 0.3) is 11.5 Å². The van der Waals surface area contributed by atoms with Crippen molar-refractivity contribution in [1.82, 2.24) is 19.2 Å². The Kier molecular flexibility index (Phi) is 4.30. The van der Waals surface area contributed by atoms with Gasteiger partial charge in [0.05, 0.1) is 18.9 Å². The molecule has 3 heterocycles. The van der Waals surface area contributed by atoms with E-state index in [1.54, 1.807) is 27.7 Å². The summed E-state index contributed by atoms with van der Waals surface area (Å²) in [4.78, 5) is 14.9. The van der Waals surface area contributed by atoms with E-state index >= 15 is 0 Å². The number of aromatic nitrogens is 3. The first-order valence-electron chi connectivity index (χ1n) is 8.52. The molecule has 7 heteroatoms. The van der Waals surface area contributed by atoms with Crippen molar-refractivity contribution in [1.29, 1.82) is 0 Å². The van der Waals surface area contributed by atoms with Gasteiger partial charge in [0.1, 0.15) is 17.1 Å². The van der Waals surface area contributed by atoms with Crippen molar-refractivity contribution in [3.8, 4) is 11.5 Å². The third-order valence-electron chi connectivity index (χ3n) is 4.43. The average molecular weight is 354 g/mol. The van der Waals surface area contributed by atoms with Gasteiger partial charge in [0.15, 0.2) is 5.82 Å². The SMILES string of the molecule is C[C@@H]1CN(C(=O)c2cnn(-c3ccccc3F)c2-n2cccc2)CCO1. The van der Waals surface area contributed by atoms with Gasteiger partial charge in [-0.05, 0) is 31.2 Å². The molecule has 0 bridgehead atoms. The number of ether oxygens (including phenoxy) is 1. The second kappa shape index (κ2) is 6.76. The minimum atomic E-state index is -0.400. The molecule has 6 nitrogen and oxygen atoms in total. The lowest BCUT2D eigenvalue weighted by molar-refractivity contribution is -0.0124. The van der Waals surface area contributed by atoms with Gasteiger partial charge in [0, 0.05) is 25.5 Å². The molecule has 4 rings (SSSR count).